The lowest BCUT2D eigenvalue weighted by Gasteiger charge is -2.01. The Labute approximate surface area is 54.5 Å². The van der Waals surface area contributed by atoms with Crippen LogP contribution >= 0.6 is 0 Å². The van der Waals surface area contributed by atoms with Crippen molar-refractivity contribution in [1.82, 2.24) is 4.31 Å². The molecule has 1 saturated heterocycles. The highest BCUT2D eigenvalue weighted by Crippen LogP contribution is 2.10. The third-order valence-corrected chi connectivity index (χ3v) is 2.17. The number of alkyl halides is 1. The first-order valence-electron chi connectivity index (χ1n) is 2.73. The molecular formula is C4H8FNO2S. The van der Waals surface area contributed by atoms with Crippen molar-refractivity contribution in [3.63, 3.8) is 0 Å². The van der Waals surface area contributed by atoms with Gasteiger partial charge in [0.15, 0.2) is 0 Å². The Kier molecular flexibility index (Phi) is 2.02. The minimum absolute atomic E-state index is 0.0543. The summed E-state index contributed by atoms with van der Waals surface area (Å²) in [5.74, 6) is 0. The van der Waals surface area contributed by atoms with Gasteiger partial charge in [0.2, 0.25) is 10.9 Å². The molecule has 0 N–H and O–H groups in total. The first kappa shape index (κ1) is 6.95. The molecule has 0 aliphatic carbocycles. The van der Waals surface area contributed by atoms with Crippen LogP contribution in [-0.2, 0) is 10.9 Å². The van der Waals surface area contributed by atoms with Gasteiger partial charge in [-0.3, -0.25) is 0 Å². The van der Waals surface area contributed by atoms with Crippen molar-refractivity contribution in [2.45, 2.75) is 12.6 Å². The Morgan fingerprint density at radius 3 is 2.44 bits per heavy atom. The van der Waals surface area contributed by atoms with Crippen molar-refractivity contribution < 1.29 is 12.8 Å². The normalized spacial score (nSPS) is 29.8. The highest BCUT2D eigenvalue weighted by molar-refractivity contribution is 7.69. The lowest BCUT2D eigenvalue weighted by atomic mass is 10.4. The van der Waals surface area contributed by atoms with Gasteiger partial charge in [0.1, 0.15) is 6.17 Å². The Morgan fingerprint density at radius 1 is 1.56 bits per heavy atom. The summed E-state index contributed by atoms with van der Waals surface area (Å²) in [5.41, 5.74) is 0. The molecule has 0 amide bonds. The van der Waals surface area contributed by atoms with Gasteiger partial charge < -0.3 is 0 Å². The van der Waals surface area contributed by atoms with Crippen LogP contribution in [-0.4, -0.2) is 32.0 Å². The molecule has 1 aliphatic heterocycles. The summed E-state index contributed by atoms with van der Waals surface area (Å²) >= 11 is 0. The van der Waals surface area contributed by atoms with Crippen molar-refractivity contribution in [1.29, 1.82) is 0 Å². The molecular weight excluding hydrogens is 145 g/mol. The number of rotatable bonds is 1. The standard InChI is InChI=1S/C4H8FNO2S/c5-4-1-2-6(3-4)9(7)8/h4,9H,1-3H2. The molecule has 3 nitrogen and oxygen atoms in total. The van der Waals surface area contributed by atoms with E-state index in [-0.39, 0.29) is 6.54 Å². The number of hydrogen-bond acceptors (Lipinski definition) is 2. The van der Waals surface area contributed by atoms with Crippen molar-refractivity contribution in [3.05, 3.63) is 0 Å². The number of nitrogens with zero attached hydrogens (tertiary/aromatic N) is 1. The minimum atomic E-state index is -2.53. The molecule has 1 aliphatic rings. The van der Waals surface area contributed by atoms with Crippen LogP contribution in [0.2, 0.25) is 0 Å². The number of thiol groups is 1. The molecule has 0 aromatic rings. The molecule has 5 heteroatoms. The van der Waals surface area contributed by atoms with E-state index in [0.717, 1.165) is 4.31 Å². The van der Waals surface area contributed by atoms with Gasteiger partial charge in [0, 0.05) is 13.1 Å². The predicted molar refractivity (Wildman–Crippen MR) is 31.4 cm³/mol. The van der Waals surface area contributed by atoms with Crippen molar-refractivity contribution in [2.24, 2.45) is 0 Å². The number of halogens is 1. The quantitative estimate of drug-likeness (QED) is 0.518. The van der Waals surface area contributed by atoms with Gasteiger partial charge in [0.05, 0.1) is 0 Å². The molecule has 0 aromatic carbocycles. The summed E-state index contributed by atoms with van der Waals surface area (Å²) in [5, 5.41) is 0. The number of hydrogen-bond donors (Lipinski definition) is 1. The second-order valence-electron chi connectivity index (χ2n) is 2.04. The molecule has 1 atom stereocenters. The summed E-state index contributed by atoms with van der Waals surface area (Å²) in [6.07, 6.45) is -0.596. The summed E-state index contributed by atoms with van der Waals surface area (Å²) < 4.78 is 33.6. The molecule has 1 fully saturated rings. The van der Waals surface area contributed by atoms with E-state index >= 15 is 0 Å². The van der Waals surface area contributed by atoms with Gasteiger partial charge in [-0.25, -0.2) is 17.1 Å². The molecule has 0 bridgehead atoms. The zero-order valence-corrected chi connectivity index (χ0v) is 5.68. The van der Waals surface area contributed by atoms with Crippen LogP contribution in [0.15, 0.2) is 0 Å². The molecule has 0 aromatic heterocycles. The van der Waals surface area contributed by atoms with E-state index in [1.807, 2.05) is 0 Å². The molecule has 0 spiro atoms. The molecule has 0 saturated carbocycles. The highest BCUT2D eigenvalue weighted by atomic mass is 32.2. The third-order valence-electron chi connectivity index (χ3n) is 1.34. The lowest BCUT2D eigenvalue weighted by molar-refractivity contribution is 0.345. The van der Waals surface area contributed by atoms with Gasteiger partial charge >= 0.3 is 0 Å². The average molecular weight is 153 g/mol. The van der Waals surface area contributed by atoms with E-state index < -0.39 is 17.1 Å². The molecule has 54 valence electrons. The topological polar surface area (TPSA) is 37.4 Å². The van der Waals surface area contributed by atoms with Crippen molar-refractivity contribution in [3.8, 4) is 0 Å². The van der Waals surface area contributed by atoms with E-state index in [0.29, 0.717) is 13.0 Å². The first-order chi connectivity index (χ1) is 4.20. The maximum Gasteiger partial charge on any atom is 0.204 e. The van der Waals surface area contributed by atoms with E-state index in [9.17, 15) is 12.8 Å². The van der Waals surface area contributed by atoms with Gasteiger partial charge in [-0.2, -0.15) is 0 Å². The van der Waals surface area contributed by atoms with Gasteiger partial charge in [-0.05, 0) is 6.42 Å². The fourth-order valence-corrected chi connectivity index (χ4v) is 1.44. The molecule has 1 unspecified atom stereocenters. The van der Waals surface area contributed by atoms with E-state index in [1.54, 1.807) is 0 Å². The molecule has 0 radical (unpaired) electrons. The molecule has 1 rings (SSSR count). The Bertz CT molecular complexity index is 162. The predicted octanol–water partition coefficient (Wildman–Crippen LogP) is -0.443. The SMILES string of the molecule is O=[SH](=O)N1CCC(F)C1. The van der Waals surface area contributed by atoms with Crippen LogP contribution in [0, 0.1) is 0 Å². The second-order valence-corrected chi connectivity index (χ2v) is 3.08. The fourth-order valence-electron chi connectivity index (χ4n) is 0.849. The summed E-state index contributed by atoms with van der Waals surface area (Å²) in [6.45, 7) is 0.401. The van der Waals surface area contributed by atoms with Gasteiger partial charge in [0.25, 0.3) is 0 Å². The summed E-state index contributed by atoms with van der Waals surface area (Å²) in [4.78, 5) is 0. The van der Waals surface area contributed by atoms with Crippen LogP contribution in [0.1, 0.15) is 6.42 Å². The molecule has 1 heterocycles. The summed E-state index contributed by atoms with van der Waals surface area (Å²) in [6, 6.07) is 0. The zero-order chi connectivity index (χ0) is 6.85. The highest BCUT2D eigenvalue weighted by Gasteiger charge is 2.22. The minimum Gasteiger partial charge on any atom is -0.246 e. The van der Waals surface area contributed by atoms with Crippen LogP contribution in [0.25, 0.3) is 0 Å². The maximum absolute atomic E-state index is 12.2. The monoisotopic (exact) mass is 153 g/mol. The van der Waals surface area contributed by atoms with Gasteiger partial charge in [-0.15, -0.1) is 0 Å². The van der Waals surface area contributed by atoms with E-state index in [4.69, 9.17) is 0 Å². The van der Waals surface area contributed by atoms with Crippen molar-refractivity contribution >= 4 is 10.9 Å². The van der Waals surface area contributed by atoms with Crippen LogP contribution in [0.5, 0.6) is 0 Å². The maximum atomic E-state index is 12.2. The Hall–Kier alpha value is -0.160. The second kappa shape index (κ2) is 2.62. The Morgan fingerprint density at radius 2 is 2.22 bits per heavy atom. The van der Waals surface area contributed by atoms with E-state index in [2.05, 4.69) is 0 Å². The van der Waals surface area contributed by atoms with Gasteiger partial charge in [-0.1, -0.05) is 0 Å². The van der Waals surface area contributed by atoms with Crippen LogP contribution in [0.3, 0.4) is 0 Å². The molecule has 9 heavy (non-hydrogen) atoms. The Balaban J connectivity index is 2.48. The van der Waals surface area contributed by atoms with Crippen LogP contribution < -0.4 is 0 Å². The first-order valence-corrected chi connectivity index (χ1v) is 3.86. The van der Waals surface area contributed by atoms with E-state index in [1.165, 1.54) is 0 Å². The van der Waals surface area contributed by atoms with Crippen molar-refractivity contribution in [2.75, 3.05) is 13.1 Å². The third kappa shape index (κ3) is 1.62. The lowest BCUT2D eigenvalue weighted by Crippen LogP contribution is -2.18. The average Bonchev–Trinajstić information content (AvgIpc) is 2.14. The largest absolute Gasteiger partial charge is 0.246 e. The fraction of sp³-hybridized carbons (Fsp3) is 1.00. The van der Waals surface area contributed by atoms with Crippen LogP contribution in [0.4, 0.5) is 4.39 Å². The summed E-state index contributed by atoms with van der Waals surface area (Å²) in [7, 11) is -2.53. The smallest absolute Gasteiger partial charge is 0.204 e. The zero-order valence-electron chi connectivity index (χ0n) is 4.79.